The van der Waals surface area contributed by atoms with Gasteiger partial charge in [0.15, 0.2) is 23.3 Å². The molecule has 0 spiro atoms. The van der Waals surface area contributed by atoms with E-state index in [1.54, 1.807) is 117 Å². The van der Waals surface area contributed by atoms with Gasteiger partial charge in [-0.05, 0) is 233 Å². The number of halogens is 2. The molecule has 2 aromatic carbocycles. The van der Waals surface area contributed by atoms with Gasteiger partial charge in [0.25, 0.3) is 23.6 Å². The second-order valence-corrected chi connectivity index (χ2v) is 33.0. The van der Waals surface area contributed by atoms with E-state index in [0.29, 0.717) is 129 Å². The summed E-state index contributed by atoms with van der Waals surface area (Å²) >= 11 is 0. The lowest BCUT2D eigenvalue weighted by Gasteiger charge is -2.49. The summed E-state index contributed by atoms with van der Waals surface area (Å²) in [4.78, 5) is 136. The highest BCUT2D eigenvalue weighted by Gasteiger charge is 2.50. The largest absolute Gasteiger partial charge is 0.472 e. The van der Waals surface area contributed by atoms with E-state index in [2.05, 4.69) is 84.7 Å². The van der Waals surface area contributed by atoms with Gasteiger partial charge in [-0.3, -0.25) is 34.1 Å². The molecular weight excluding hydrogens is 1580 g/mol. The molecule has 12 aliphatic rings. The van der Waals surface area contributed by atoms with E-state index in [-0.39, 0.29) is 77.8 Å². The van der Waals surface area contributed by atoms with E-state index in [0.717, 1.165) is 118 Å². The lowest BCUT2D eigenvalue weighted by Crippen LogP contribution is -2.59. The zero-order chi connectivity index (χ0) is 85.5. The van der Waals surface area contributed by atoms with Crippen molar-refractivity contribution in [2.45, 2.75) is 167 Å². The van der Waals surface area contributed by atoms with Crippen molar-refractivity contribution in [3.05, 3.63) is 258 Å². The van der Waals surface area contributed by atoms with Gasteiger partial charge >= 0.3 is 0 Å². The van der Waals surface area contributed by atoms with Gasteiger partial charge in [0.05, 0.1) is 101 Å². The second kappa shape index (κ2) is 37.0. The van der Waals surface area contributed by atoms with Crippen molar-refractivity contribution in [2.75, 3.05) is 26.2 Å². The number of rotatable bonds is 16. The van der Waals surface area contributed by atoms with Gasteiger partial charge in [-0.1, -0.05) is 6.07 Å². The van der Waals surface area contributed by atoms with Crippen molar-refractivity contribution in [1.29, 1.82) is 0 Å². The summed E-state index contributed by atoms with van der Waals surface area (Å²) in [7, 11) is 0. The molecule has 12 fully saturated rings. The molecule has 4 amide bonds. The Labute approximate surface area is 715 Å². The van der Waals surface area contributed by atoms with Gasteiger partial charge in [-0.15, -0.1) is 0 Å². The Hall–Kier alpha value is -13.6. The van der Waals surface area contributed by atoms with Crippen LogP contribution < -0.4 is 18.9 Å². The van der Waals surface area contributed by atoms with Crippen molar-refractivity contribution in [3.63, 3.8) is 0 Å². The van der Waals surface area contributed by atoms with Crippen LogP contribution in [-0.4, -0.2) is 203 Å². The number of hydrogen-bond donors (Lipinski definition) is 0. The van der Waals surface area contributed by atoms with Crippen LogP contribution in [0.3, 0.4) is 0 Å². The first-order valence-electron chi connectivity index (χ1n) is 42.2. The Morgan fingerprint density at radius 3 is 1.11 bits per heavy atom. The van der Waals surface area contributed by atoms with E-state index in [1.165, 1.54) is 30.3 Å². The average molecular weight is 1670 g/mol. The molecule has 18 heterocycles. The number of benzene rings is 2. The minimum absolute atomic E-state index is 0.0199. The molecule has 12 atom stereocenters. The van der Waals surface area contributed by atoms with E-state index in [9.17, 15) is 28.0 Å². The standard InChI is InChI=1S/C24H25N5O2.2C23H22FN5O2.C23H24N6O2/c1-15-4-9-21(27-13-15)31-20-12-17-6-8-19(20)29(14-17)24(30)18-7-5-16(2)28-22(18)23-25-10-3-11-26-23;1-14-11-28-21(12-27-14)31-20-9-15-3-6-19(20)29(13-15)23(30)17-5-4-16(24)10-18(17)22-25-7-2-8-26-22;1-14-11-28-21(12-27-14)31-20-9-15-3-6-19(20)29(13-15)23(30)18-10-16(24)4-5-17(18)22-25-7-2-8-26-22;1-14-4-6-17(22-24-8-3-9-25-22)21(28-14)23(30)29-13-16-5-7-18(29)19(10-16)31-20-12-26-15(2)11-27-20/h3-5,7,9-11,13,17,19-20H,6,8,12,14H2,1-2H3;2*2,4-5,7-8,10-12,15,19-20H,3,6,9,13H2,1H3;3-4,6,8-9,11-12,16,18-19H,5,7,10,13H2,1-2H3. The predicted molar refractivity (Wildman–Crippen MR) is 450 cm³/mol. The normalized spacial score (nSPS) is 22.4. The molecule has 0 radical (unpaired) electrons. The van der Waals surface area contributed by atoms with Gasteiger partial charge in [-0.2, -0.15) is 0 Å². The minimum atomic E-state index is -0.465. The molecule has 31 heteroatoms. The SMILES string of the molecule is Cc1ccc(OC2CC3CCC2N(C(=O)c2ccc(C)nc2-c2ncccn2)C3)nc1.Cc1cnc(OC2CC3CCC2N(C(=O)c2cc(F)ccc2-c2ncccn2)C3)cn1.Cc1cnc(OC2CC3CCC2N(C(=O)c2ccc(F)cc2-c2ncccn2)C3)cn1.Cc1cnc(OC2CC3CCC2N(C(=O)c2nc(C)ccc2-c2ncccn2)C3)cn1. The molecule has 29 nitrogen and oxygen atoms in total. The maximum absolute atomic E-state index is 14.1. The Balaban J connectivity index is 0.000000117. The number of ether oxygens (including phenoxy) is 4. The lowest BCUT2D eigenvalue weighted by molar-refractivity contribution is -0.0317. The van der Waals surface area contributed by atoms with E-state index < -0.39 is 11.6 Å². The molecule has 12 unspecified atom stereocenters. The quantitative estimate of drug-likeness (QED) is 0.0867. The number of carbonyl (C=O) groups is 4. The molecule has 24 rings (SSSR count). The van der Waals surface area contributed by atoms with Gasteiger partial charge in [0.2, 0.25) is 23.5 Å². The Kier molecular flexibility index (Phi) is 24.7. The van der Waals surface area contributed by atoms with E-state index in [4.69, 9.17) is 18.9 Å². The summed E-state index contributed by atoms with van der Waals surface area (Å²) in [6, 6.07) is 26.4. The van der Waals surface area contributed by atoms with Crippen LogP contribution in [0, 0.1) is 76.8 Å². The average Bonchev–Trinajstić information content (AvgIpc) is 0.776. The molecular formula is C93H93F2N21O8. The molecule has 8 saturated heterocycles. The van der Waals surface area contributed by atoms with Gasteiger partial charge < -0.3 is 38.5 Å². The first-order valence-corrected chi connectivity index (χ1v) is 42.2. The van der Waals surface area contributed by atoms with Crippen LogP contribution in [0.1, 0.15) is 153 Å². The van der Waals surface area contributed by atoms with E-state index >= 15 is 0 Å². The van der Waals surface area contributed by atoms with Gasteiger partial charge in [0.1, 0.15) is 47.4 Å². The fourth-order valence-electron chi connectivity index (χ4n) is 18.3. The van der Waals surface area contributed by atoms with Crippen molar-refractivity contribution < 1.29 is 46.9 Å². The molecule has 0 N–H and O–H groups in total. The van der Waals surface area contributed by atoms with Crippen LogP contribution in [0.5, 0.6) is 23.5 Å². The van der Waals surface area contributed by atoms with Crippen molar-refractivity contribution in [1.82, 2.24) is 104 Å². The third-order valence-electron chi connectivity index (χ3n) is 24.3. The summed E-state index contributed by atoms with van der Waals surface area (Å²) in [5, 5.41) is 0. The second-order valence-electron chi connectivity index (χ2n) is 33.0. The maximum Gasteiger partial charge on any atom is 0.273 e. The maximum atomic E-state index is 14.1. The first kappa shape index (κ1) is 82.7. The highest BCUT2D eigenvalue weighted by atomic mass is 19.1. The zero-order valence-corrected chi connectivity index (χ0v) is 69.6. The molecule has 4 saturated carbocycles. The number of aromatic nitrogens is 17. The minimum Gasteiger partial charge on any atom is -0.472 e. The number of hydrogen-bond acceptors (Lipinski definition) is 25. The molecule has 632 valence electrons. The summed E-state index contributed by atoms with van der Waals surface area (Å²) in [6.07, 6.45) is 35.8. The van der Waals surface area contributed by atoms with Crippen molar-refractivity contribution in [3.8, 4) is 69.2 Å². The fraction of sp³-hybridized carbons (Fsp3) is 0.366. The summed E-state index contributed by atoms with van der Waals surface area (Å²) in [5.74, 6) is 3.87. The summed E-state index contributed by atoms with van der Waals surface area (Å²) in [6.45, 7) is 14.2. The number of piperidine rings is 8. The Morgan fingerprint density at radius 1 is 0.315 bits per heavy atom. The molecule has 8 aliphatic heterocycles. The number of amides is 4. The predicted octanol–water partition coefficient (Wildman–Crippen LogP) is 13.5. The van der Waals surface area contributed by atoms with E-state index in [1.807, 2.05) is 104 Å². The highest BCUT2D eigenvalue weighted by Crippen LogP contribution is 2.44. The number of pyridine rings is 3. The van der Waals surface area contributed by atoms with Gasteiger partial charge in [0, 0.05) is 111 Å². The molecule has 4 aliphatic carbocycles. The first-order chi connectivity index (χ1) is 60.3. The van der Waals surface area contributed by atoms with Crippen LogP contribution in [0.2, 0.25) is 0 Å². The monoisotopic (exact) mass is 1670 g/mol. The smallest absolute Gasteiger partial charge is 0.273 e. The van der Waals surface area contributed by atoms with Gasteiger partial charge in [-0.25, -0.2) is 78.6 Å². The lowest BCUT2D eigenvalue weighted by atomic mass is 9.77. The van der Waals surface area contributed by atoms with Crippen LogP contribution in [0.25, 0.3) is 45.7 Å². The van der Waals surface area contributed by atoms with Crippen LogP contribution in [-0.2, 0) is 0 Å². The van der Waals surface area contributed by atoms with Crippen molar-refractivity contribution >= 4 is 23.6 Å². The Bertz CT molecular complexity index is 5420. The summed E-state index contributed by atoms with van der Waals surface area (Å²) in [5.41, 5.74) is 8.89. The third kappa shape index (κ3) is 18.7. The highest BCUT2D eigenvalue weighted by molar-refractivity contribution is 6.02. The molecule has 124 heavy (non-hydrogen) atoms. The Morgan fingerprint density at radius 2 is 0.677 bits per heavy atom. The molecule has 10 aromatic heterocycles. The van der Waals surface area contributed by atoms with Crippen LogP contribution >= 0.6 is 0 Å². The number of aryl methyl sites for hydroxylation is 6. The molecule has 8 bridgehead atoms. The number of fused-ring (bicyclic) bond motifs is 12. The zero-order valence-electron chi connectivity index (χ0n) is 69.6. The third-order valence-corrected chi connectivity index (χ3v) is 24.3. The van der Waals surface area contributed by atoms with Crippen LogP contribution in [0.15, 0.2) is 190 Å². The fourth-order valence-corrected chi connectivity index (χ4v) is 18.3. The number of carbonyl (C=O) groups excluding carboxylic acids is 4. The summed E-state index contributed by atoms with van der Waals surface area (Å²) < 4.78 is 52.8. The number of nitrogens with zero attached hydrogens (tertiary/aromatic N) is 21. The van der Waals surface area contributed by atoms with Crippen molar-refractivity contribution in [2.24, 2.45) is 23.7 Å². The van der Waals surface area contributed by atoms with Crippen LogP contribution in [0.4, 0.5) is 8.78 Å². The molecule has 12 aromatic rings. The topological polar surface area (TPSA) is 337 Å².